The number of hydrogen-bond acceptors (Lipinski definition) is 4. The smallest absolute Gasteiger partial charge is 0.325 e. The van der Waals surface area contributed by atoms with Crippen LogP contribution in [0.5, 0.6) is 5.75 Å². The molecule has 1 aromatic rings. The lowest BCUT2D eigenvalue weighted by Crippen LogP contribution is -2.45. The molecule has 1 aliphatic heterocycles. The summed E-state index contributed by atoms with van der Waals surface area (Å²) in [5, 5.41) is 5.84. The summed E-state index contributed by atoms with van der Waals surface area (Å²) in [7, 11) is 1.62. The number of amides is 4. The summed E-state index contributed by atoms with van der Waals surface area (Å²) in [6, 6.07) is 7.08. The molecule has 1 aromatic carbocycles. The van der Waals surface area contributed by atoms with Crippen molar-refractivity contribution >= 4 is 17.8 Å². The van der Waals surface area contributed by atoms with Gasteiger partial charge in [0.1, 0.15) is 17.8 Å². The molecule has 4 rings (SSSR count). The van der Waals surface area contributed by atoms with Crippen LogP contribution in [0.15, 0.2) is 24.3 Å². The fourth-order valence-electron chi connectivity index (χ4n) is 4.21. The number of nitrogens with zero attached hydrogens (tertiary/aromatic N) is 1. The van der Waals surface area contributed by atoms with Gasteiger partial charge in [0.2, 0.25) is 5.91 Å². The van der Waals surface area contributed by atoms with Crippen molar-refractivity contribution in [2.45, 2.75) is 50.1 Å². The van der Waals surface area contributed by atoms with Gasteiger partial charge in [0, 0.05) is 0 Å². The molecule has 3 fully saturated rings. The van der Waals surface area contributed by atoms with E-state index in [0.717, 1.165) is 41.9 Å². The Morgan fingerprint density at radius 2 is 1.93 bits per heavy atom. The molecule has 144 valence electrons. The average Bonchev–Trinajstić information content (AvgIpc) is 3.37. The molecule has 2 aliphatic carbocycles. The molecule has 7 heteroatoms. The zero-order chi connectivity index (χ0) is 19.0. The third-order valence-electron chi connectivity index (χ3n) is 5.89. The quantitative estimate of drug-likeness (QED) is 0.750. The molecule has 7 nitrogen and oxygen atoms in total. The first kappa shape index (κ1) is 17.8. The fraction of sp³-hybridized carbons (Fsp3) is 0.550. The highest BCUT2D eigenvalue weighted by Crippen LogP contribution is 2.41. The summed E-state index contributed by atoms with van der Waals surface area (Å²) < 4.78 is 5.19. The number of imide groups is 1. The van der Waals surface area contributed by atoms with Crippen molar-refractivity contribution in [3.05, 3.63) is 29.8 Å². The van der Waals surface area contributed by atoms with Gasteiger partial charge in [-0.2, -0.15) is 0 Å². The predicted octanol–water partition coefficient (Wildman–Crippen LogP) is 2.13. The fourth-order valence-corrected chi connectivity index (χ4v) is 4.21. The zero-order valence-corrected chi connectivity index (χ0v) is 15.5. The zero-order valence-electron chi connectivity index (χ0n) is 15.5. The molecular weight excluding hydrogens is 346 g/mol. The Labute approximate surface area is 158 Å². The lowest BCUT2D eigenvalue weighted by molar-refractivity contribution is -0.135. The van der Waals surface area contributed by atoms with Crippen LogP contribution in [0.25, 0.3) is 0 Å². The van der Waals surface area contributed by atoms with E-state index in [1.165, 1.54) is 0 Å². The maximum absolute atomic E-state index is 12.7. The molecule has 3 aliphatic rings. The standard InChI is InChI=1S/C20H25N3O4/c1-27-15-8-6-14(7-9-15)17(13-4-5-13)21-16(24)12-23-18(25)20(22-19(23)26)10-2-3-11-20/h6-9,13,17H,2-5,10-12H2,1H3,(H,21,24)(H,22,26)/t17-/m0/s1. The highest BCUT2D eigenvalue weighted by molar-refractivity contribution is 6.09. The van der Waals surface area contributed by atoms with Crippen molar-refractivity contribution < 1.29 is 19.1 Å². The topological polar surface area (TPSA) is 87.7 Å². The minimum atomic E-state index is -0.775. The first-order valence-corrected chi connectivity index (χ1v) is 9.60. The molecule has 1 heterocycles. The van der Waals surface area contributed by atoms with E-state index in [1.807, 2.05) is 24.3 Å². The van der Waals surface area contributed by atoms with Crippen LogP contribution in [-0.4, -0.2) is 41.9 Å². The molecule has 4 amide bonds. The summed E-state index contributed by atoms with van der Waals surface area (Å²) >= 11 is 0. The minimum Gasteiger partial charge on any atom is -0.497 e. The van der Waals surface area contributed by atoms with E-state index in [2.05, 4.69) is 10.6 Å². The Balaban J connectivity index is 1.43. The van der Waals surface area contributed by atoms with Crippen molar-refractivity contribution in [1.29, 1.82) is 0 Å². The molecule has 1 atom stereocenters. The van der Waals surface area contributed by atoms with Gasteiger partial charge in [0.15, 0.2) is 0 Å². The number of carbonyl (C=O) groups is 3. The lowest BCUT2D eigenvalue weighted by atomic mass is 9.98. The Kier molecular flexibility index (Phi) is 4.53. The number of benzene rings is 1. The normalized spacial score (nSPS) is 22.0. The van der Waals surface area contributed by atoms with Gasteiger partial charge in [0.25, 0.3) is 5.91 Å². The number of rotatable bonds is 6. The number of nitrogens with one attached hydrogen (secondary N) is 2. The SMILES string of the molecule is COc1ccc([C@@H](NC(=O)CN2C(=O)NC3(CCCC3)C2=O)C2CC2)cc1. The highest BCUT2D eigenvalue weighted by Gasteiger charge is 2.52. The van der Waals surface area contributed by atoms with Crippen LogP contribution in [0.1, 0.15) is 50.1 Å². The van der Waals surface area contributed by atoms with Crippen LogP contribution >= 0.6 is 0 Å². The molecule has 0 unspecified atom stereocenters. The van der Waals surface area contributed by atoms with Crippen LogP contribution in [0, 0.1) is 5.92 Å². The van der Waals surface area contributed by atoms with E-state index in [4.69, 9.17) is 4.74 Å². The molecule has 0 bridgehead atoms. The molecular formula is C20H25N3O4. The van der Waals surface area contributed by atoms with E-state index in [0.29, 0.717) is 18.8 Å². The molecule has 0 aromatic heterocycles. The number of methoxy groups -OCH3 is 1. The molecule has 2 N–H and O–H groups in total. The second kappa shape index (κ2) is 6.87. The van der Waals surface area contributed by atoms with Crippen LogP contribution in [-0.2, 0) is 9.59 Å². The van der Waals surface area contributed by atoms with Gasteiger partial charge >= 0.3 is 6.03 Å². The summed E-state index contributed by atoms with van der Waals surface area (Å²) in [6.45, 7) is -0.230. The van der Waals surface area contributed by atoms with Gasteiger partial charge in [-0.3, -0.25) is 14.5 Å². The Morgan fingerprint density at radius 3 is 2.52 bits per heavy atom. The third-order valence-corrected chi connectivity index (χ3v) is 5.89. The largest absolute Gasteiger partial charge is 0.497 e. The minimum absolute atomic E-state index is 0.107. The van der Waals surface area contributed by atoms with Gasteiger partial charge in [-0.05, 0) is 49.3 Å². The summed E-state index contributed by atoms with van der Waals surface area (Å²) in [4.78, 5) is 38.6. The van der Waals surface area contributed by atoms with E-state index < -0.39 is 11.6 Å². The number of hydrogen-bond donors (Lipinski definition) is 2. The van der Waals surface area contributed by atoms with E-state index in [1.54, 1.807) is 7.11 Å². The lowest BCUT2D eigenvalue weighted by Gasteiger charge is -2.22. The summed E-state index contributed by atoms with van der Waals surface area (Å²) in [5.41, 5.74) is 0.236. The molecule has 2 saturated carbocycles. The Hall–Kier alpha value is -2.57. The van der Waals surface area contributed by atoms with Crippen LogP contribution < -0.4 is 15.4 Å². The first-order chi connectivity index (χ1) is 13.0. The maximum Gasteiger partial charge on any atom is 0.325 e. The van der Waals surface area contributed by atoms with Crippen molar-refractivity contribution in [1.82, 2.24) is 15.5 Å². The van der Waals surface area contributed by atoms with E-state index >= 15 is 0 Å². The Morgan fingerprint density at radius 1 is 1.26 bits per heavy atom. The number of urea groups is 1. The molecule has 1 saturated heterocycles. The third kappa shape index (κ3) is 3.38. The van der Waals surface area contributed by atoms with E-state index in [9.17, 15) is 14.4 Å². The second-order valence-corrected chi connectivity index (χ2v) is 7.77. The predicted molar refractivity (Wildman–Crippen MR) is 98.0 cm³/mol. The number of ether oxygens (including phenoxy) is 1. The molecule has 1 spiro atoms. The number of carbonyl (C=O) groups excluding carboxylic acids is 3. The van der Waals surface area contributed by atoms with Crippen LogP contribution in [0.4, 0.5) is 4.79 Å². The maximum atomic E-state index is 12.7. The van der Waals surface area contributed by atoms with Crippen LogP contribution in [0.3, 0.4) is 0 Å². The highest BCUT2D eigenvalue weighted by atomic mass is 16.5. The van der Waals surface area contributed by atoms with Crippen molar-refractivity contribution in [2.24, 2.45) is 5.92 Å². The van der Waals surface area contributed by atoms with Gasteiger partial charge in [-0.25, -0.2) is 4.79 Å². The molecule has 27 heavy (non-hydrogen) atoms. The monoisotopic (exact) mass is 371 g/mol. The van der Waals surface area contributed by atoms with E-state index in [-0.39, 0.29) is 24.4 Å². The Bertz CT molecular complexity index is 751. The first-order valence-electron chi connectivity index (χ1n) is 9.60. The summed E-state index contributed by atoms with van der Waals surface area (Å²) in [6.07, 6.45) is 5.28. The molecule has 0 radical (unpaired) electrons. The van der Waals surface area contributed by atoms with Gasteiger partial charge in [-0.1, -0.05) is 25.0 Å². The van der Waals surface area contributed by atoms with Crippen molar-refractivity contribution in [3.8, 4) is 5.75 Å². The average molecular weight is 371 g/mol. The van der Waals surface area contributed by atoms with Gasteiger partial charge in [0.05, 0.1) is 13.2 Å². The summed E-state index contributed by atoms with van der Waals surface area (Å²) in [5.74, 6) is 0.598. The second-order valence-electron chi connectivity index (χ2n) is 7.77. The van der Waals surface area contributed by atoms with Crippen LogP contribution in [0.2, 0.25) is 0 Å². The van der Waals surface area contributed by atoms with Gasteiger partial charge < -0.3 is 15.4 Å². The van der Waals surface area contributed by atoms with Gasteiger partial charge in [-0.15, -0.1) is 0 Å². The van der Waals surface area contributed by atoms with Crippen molar-refractivity contribution in [2.75, 3.05) is 13.7 Å². The van der Waals surface area contributed by atoms with Crippen molar-refractivity contribution in [3.63, 3.8) is 0 Å².